The highest BCUT2D eigenvalue weighted by Crippen LogP contribution is 2.23. The van der Waals surface area contributed by atoms with E-state index in [0.717, 1.165) is 0 Å². The van der Waals surface area contributed by atoms with Crippen molar-refractivity contribution in [1.29, 1.82) is 0 Å². The minimum Gasteiger partial charge on any atom is -0.480 e. The van der Waals surface area contributed by atoms with Gasteiger partial charge in [-0.1, -0.05) is 6.92 Å². The van der Waals surface area contributed by atoms with Gasteiger partial charge in [-0.3, -0.25) is 9.59 Å². The molecule has 0 aliphatic heterocycles. The van der Waals surface area contributed by atoms with Crippen LogP contribution in [0.15, 0.2) is 30.6 Å². The second-order valence-corrected chi connectivity index (χ2v) is 5.19. The summed E-state index contributed by atoms with van der Waals surface area (Å²) < 4.78 is 6.57. The number of carbonyl (C=O) groups is 2. The summed E-state index contributed by atoms with van der Waals surface area (Å²) >= 11 is 0. The molecule has 2 amide bonds. The molecule has 3 aromatic heterocycles. The van der Waals surface area contributed by atoms with Crippen molar-refractivity contribution in [3.63, 3.8) is 0 Å². The molecule has 3 N–H and O–H groups in total. The molecule has 0 spiro atoms. The Labute approximate surface area is 142 Å². The average Bonchev–Trinajstić information content (AvgIpc) is 3.02. The van der Waals surface area contributed by atoms with Gasteiger partial charge in [-0.2, -0.15) is 5.10 Å². The maximum atomic E-state index is 11.5. The lowest BCUT2D eigenvalue weighted by atomic mass is 10.1. The van der Waals surface area contributed by atoms with E-state index in [0.29, 0.717) is 29.1 Å². The van der Waals surface area contributed by atoms with E-state index in [-0.39, 0.29) is 17.4 Å². The summed E-state index contributed by atoms with van der Waals surface area (Å²) in [6, 6.07) is 5.05. The Hall–Kier alpha value is -3.49. The van der Waals surface area contributed by atoms with Gasteiger partial charge in [-0.05, 0) is 18.2 Å². The van der Waals surface area contributed by atoms with E-state index in [2.05, 4.69) is 20.4 Å². The molecule has 25 heavy (non-hydrogen) atoms. The maximum Gasteiger partial charge on any atom is 0.254 e. The predicted molar refractivity (Wildman–Crippen MR) is 90.2 cm³/mol. The Morgan fingerprint density at radius 2 is 2.16 bits per heavy atom. The molecule has 0 atom stereocenters. The molecule has 3 aromatic rings. The first kappa shape index (κ1) is 16.4. The standard InChI is InChI=1S/C16H16N6O3/c1-3-14(23)20-12-8-22-13(19-12)5-4-11(21-22)9-6-10(15(17)24)16(25-2)18-7-9/h4-8H,3H2,1-2H3,(H2,17,24)(H,20,23). The van der Waals surface area contributed by atoms with Crippen LogP contribution in [0.2, 0.25) is 0 Å². The summed E-state index contributed by atoms with van der Waals surface area (Å²) in [6.45, 7) is 1.76. The first-order valence-electron chi connectivity index (χ1n) is 7.52. The molecule has 0 aliphatic carbocycles. The summed E-state index contributed by atoms with van der Waals surface area (Å²) in [5, 5.41) is 7.10. The van der Waals surface area contributed by atoms with Crippen LogP contribution < -0.4 is 15.8 Å². The molecule has 0 saturated heterocycles. The zero-order valence-corrected chi connectivity index (χ0v) is 13.7. The predicted octanol–water partition coefficient (Wildman–Crippen LogP) is 1.25. The van der Waals surface area contributed by atoms with Crippen molar-refractivity contribution < 1.29 is 14.3 Å². The van der Waals surface area contributed by atoms with Crippen LogP contribution >= 0.6 is 0 Å². The topological polar surface area (TPSA) is 125 Å². The highest BCUT2D eigenvalue weighted by molar-refractivity contribution is 5.96. The Bertz CT molecular complexity index is 966. The second-order valence-electron chi connectivity index (χ2n) is 5.19. The fourth-order valence-corrected chi connectivity index (χ4v) is 2.26. The third-order valence-electron chi connectivity index (χ3n) is 3.51. The van der Waals surface area contributed by atoms with Crippen molar-refractivity contribution in [1.82, 2.24) is 19.6 Å². The van der Waals surface area contributed by atoms with Crippen LogP contribution in [0.3, 0.4) is 0 Å². The number of rotatable bonds is 5. The van der Waals surface area contributed by atoms with Crippen LogP contribution in [-0.4, -0.2) is 38.5 Å². The third-order valence-corrected chi connectivity index (χ3v) is 3.51. The summed E-state index contributed by atoms with van der Waals surface area (Å²) in [6.07, 6.45) is 3.51. The van der Waals surface area contributed by atoms with E-state index in [1.54, 1.807) is 31.3 Å². The number of hydrogen-bond acceptors (Lipinski definition) is 6. The van der Waals surface area contributed by atoms with E-state index < -0.39 is 5.91 Å². The number of imidazole rings is 1. The van der Waals surface area contributed by atoms with Gasteiger partial charge in [0, 0.05) is 18.2 Å². The van der Waals surface area contributed by atoms with Crippen molar-refractivity contribution in [3.8, 4) is 17.1 Å². The van der Waals surface area contributed by atoms with E-state index in [1.165, 1.54) is 17.8 Å². The fraction of sp³-hybridized carbons (Fsp3) is 0.188. The summed E-state index contributed by atoms with van der Waals surface area (Å²) in [5.41, 5.74) is 7.27. The highest BCUT2D eigenvalue weighted by atomic mass is 16.5. The molecule has 0 radical (unpaired) electrons. The molecule has 0 unspecified atom stereocenters. The molecular formula is C16H16N6O3. The number of nitrogens with two attached hydrogens (primary N) is 1. The SMILES string of the molecule is CCC(=O)Nc1cn2nc(-c3cnc(OC)c(C(N)=O)c3)ccc2n1. The lowest BCUT2D eigenvalue weighted by Crippen LogP contribution is -2.13. The molecule has 0 saturated carbocycles. The van der Waals surface area contributed by atoms with Crippen molar-refractivity contribution >= 4 is 23.3 Å². The number of hydrogen-bond donors (Lipinski definition) is 2. The fourth-order valence-electron chi connectivity index (χ4n) is 2.26. The van der Waals surface area contributed by atoms with E-state index in [4.69, 9.17) is 10.5 Å². The van der Waals surface area contributed by atoms with Crippen LogP contribution in [0.5, 0.6) is 5.88 Å². The molecule has 3 rings (SSSR count). The monoisotopic (exact) mass is 340 g/mol. The number of ether oxygens (including phenoxy) is 1. The first-order chi connectivity index (χ1) is 12.0. The number of nitrogens with one attached hydrogen (secondary N) is 1. The van der Waals surface area contributed by atoms with E-state index in [1.807, 2.05) is 0 Å². The van der Waals surface area contributed by atoms with Crippen LogP contribution in [0.4, 0.5) is 5.82 Å². The Kier molecular flexibility index (Phi) is 4.29. The van der Waals surface area contributed by atoms with Gasteiger partial charge >= 0.3 is 0 Å². The summed E-state index contributed by atoms with van der Waals surface area (Å²) in [4.78, 5) is 31.4. The number of methoxy groups -OCH3 is 1. The highest BCUT2D eigenvalue weighted by Gasteiger charge is 2.14. The number of nitrogens with zero attached hydrogens (tertiary/aromatic N) is 4. The van der Waals surface area contributed by atoms with Crippen molar-refractivity contribution in [2.24, 2.45) is 5.73 Å². The Balaban J connectivity index is 2.00. The van der Waals surface area contributed by atoms with Gasteiger partial charge in [0.25, 0.3) is 5.91 Å². The lowest BCUT2D eigenvalue weighted by Gasteiger charge is -2.07. The van der Waals surface area contributed by atoms with Crippen LogP contribution in [0.25, 0.3) is 16.9 Å². The Morgan fingerprint density at radius 1 is 1.36 bits per heavy atom. The largest absolute Gasteiger partial charge is 0.480 e. The first-order valence-corrected chi connectivity index (χ1v) is 7.52. The lowest BCUT2D eigenvalue weighted by molar-refractivity contribution is -0.115. The van der Waals surface area contributed by atoms with Crippen LogP contribution in [-0.2, 0) is 4.79 Å². The van der Waals surface area contributed by atoms with Crippen LogP contribution in [0, 0.1) is 0 Å². The molecule has 9 heteroatoms. The van der Waals surface area contributed by atoms with Crippen molar-refractivity contribution in [2.75, 3.05) is 12.4 Å². The minimum atomic E-state index is -0.639. The molecule has 3 heterocycles. The number of carbonyl (C=O) groups excluding carboxylic acids is 2. The number of anilines is 1. The number of primary amides is 1. The molecule has 0 fully saturated rings. The van der Waals surface area contributed by atoms with Gasteiger partial charge in [-0.15, -0.1) is 0 Å². The number of pyridine rings is 1. The molecule has 0 aliphatic rings. The summed E-state index contributed by atoms with van der Waals surface area (Å²) in [5.74, 6) is -0.194. The van der Waals surface area contributed by atoms with Gasteiger partial charge in [0.2, 0.25) is 11.8 Å². The quantitative estimate of drug-likeness (QED) is 0.720. The van der Waals surface area contributed by atoms with Crippen molar-refractivity contribution in [3.05, 3.63) is 36.2 Å². The molecular weight excluding hydrogens is 324 g/mol. The molecule has 0 bridgehead atoms. The van der Waals surface area contributed by atoms with Crippen LogP contribution in [0.1, 0.15) is 23.7 Å². The molecule has 128 valence electrons. The minimum absolute atomic E-state index is 0.130. The zero-order chi connectivity index (χ0) is 18.0. The summed E-state index contributed by atoms with van der Waals surface area (Å²) in [7, 11) is 1.41. The number of aromatic nitrogens is 4. The average molecular weight is 340 g/mol. The maximum absolute atomic E-state index is 11.5. The normalized spacial score (nSPS) is 10.6. The molecule has 9 nitrogen and oxygen atoms in total. The number of fused-ring (bicyclic) bond motifs is 1. The number of amides is 2. The van der Waals surface area contributed by atoms with E-state index in [9.17, 15) is 9.59 Å². The van der Waals surface area contributed by atoms with Gasteiger partial charge in [-0.25, -0.2) is 14.5 Å². The van der Waals surface area contributed by atoms with Crippen molar-refractivity contribution in [2.45, 2.75) is 13.3 Å². The zero-order valence-electron chi connectivity index (χ0n) is 13.7. The van der Waals surface area contributed by atoms with Gasteiger partial charge < -0.3 is 15.8 Å². The second kappa shape index (κ2) is 6.56. The molecule has 0 aromatic carbocycles. The third kappa shape index (κ3) is 3.25. The Morgan fingerprint density at radius 3 is 2.84 bits per heavy atom. The van der Waals surface area contributed by atoms with Gasteiger partial charge in [0.15, 0.2) is 11.5 Å². The van der Waals surface area contributed by atoms with Gasteiger partial charge in [0.1, 0.15) is 5.56 Å². The smallest absolute Gasteiger partial charge is 0.254 e. The van der Waals surface area contributed by atoms with Gasteiger partial charge in [0.05, 0.1) is 19.0 Å². The van der Waals surface area contributed by atoms with E-state index >= 15 is 0 Å².